The van der Waals surface area contributed by atoms with Crippen LogP contribution < -0.4 is 4.90 Å². The Balaban J connectivity index is 1.39. The van der Waals surface area contributed by atoms with Crippen LogP contribution >= 0.6 is 23.4 Å². The van der Waals surface area contributed by atoms with E-state index in [0.29, 0.717) is 0 Å². The molecule has 3 aromatic rings. The zero-order valence-electron chi connectivity index (χ0n) is 15.1. The Morgan fingerprint density at radius 3 is 2.41 bits per heavy atom. The van der Waals surface area contributed by atoms with E-state index in [1.807, 2.05) is 30.3 Å². The molecule has 0 amide bonds. The van der Waals surface area contributed by atoms with Crippen molar-refractivity contribution in [2.24, 2.45) is 0 Å². The van der Waals surface area contributed by atoms with Gasteiger partial charge >= 0.3 is 0 Å². The molecule has 1 aromatic heterocycles. The molecule has 0 aliphatic carbocycles. The van der Waals surface area contributed by atoms with Crippen LogP contribution in [-0.4, -0.2) is 23.3 Å². The van der Waals surface area contributed by atoms with Gasteiger partial charge in [-0.3, -0.25) is 0 Å². The summed E-state index contributed by atoms with van der Waals surface area (Å²) in [6, 6.07) is 20.7. The fourth-order valence-electron chi connectivity index (χ4n) is 3.33. The highest BCUT2D eigenvalue weighted by Crippen LogP contribution is 2.26. The van der Waals surface area contributed by atoms with E-state index in [1.54, 1.807) is 11.8 Å². The fourth-order valence-corrected chi connectivity index (χ4v) is 4.30. The lowest BCUT2D eigenvalue weighted by molar-refractivity contribution is 0.578. The molecule has 5 heteroatoms. The van der Waals surface area contributed by atoms with E-state index in [9.17, 15) is 0 Å². The first-order valence-electron chi connectivity index (χ1n) is 9.34. The second-order valence-corrected chi connectivity index (χ2v) is 8.20. The Labute approximate surface area is 169 Å². The number of benzene rings is 2. The Bertz CT molecular complexity index is 875. The molecule has 138 valence electrons. The molecule has 1 aliphatic heterocycles. The molecule has 0 radical (unpaired) electrons. The number of rotatable bonds is 5. The molecule has 1 fully saturated rings. The van der Waals surface area contributed by atoms with Gasteiger partial charge < -0.3 is 4.90 Å². The molecule has 0 spiro atoms. The monoisotopic (exact) mass is 395 g/mol. The molecule has 2 heterocycles. The van der Waals surface area contributed by atoms with Crippen LogP contribution in [0.5, 0.6) is 0 Å². The first-order chi connectivity index (χ1) is 13.3. The van der Waals surface area contributed by atoms with Crippen molar-refractivity contribution in [2.45, 2.75) is 30.0 Å². The van der Waals surface area contributed by atoms with Crippen molar-refractivity contribution in [2.75, 3.05) is 18.0 Å². The summed E-state index contributed by atoms with van der Waals surface area (Å²) in [6.45, 7) is 2.33. The Hall–Kier alpha value is -2.04. The SMILES string of the molecule is Clc1cccc(CSc2ccc(-c3ccc(N4CCCCC4)cc3)nn2)c1. The van der Waals surface area contributed by atoms with Gasteiger partial charge in [-0.25, -0.2) is 0 Å². The summed E-state index contributed by atoms with van der Waals surface area (Å²) in [5.41, 5.74) is 4.51. The highest BCUT2D eigenvalue weighted by Gasteiger charge is 2.11. The summed E-state index contributed by atoms with van der Waals surface area (Å²) in [5, 5.41) is 10.5. The largest absolute Gasteiger partial charge is 0.372 e. The van der Waals surface area contributed by atoms with Gasteiger partial charge in [-0.1, -0.05) is 47.6 Å². The van der Waals surface area contributed by atoms with Gasteiger partial charge in [0.05, 0.1) is 5.69 Å². The molecule has 0 N–H and O–H groups in total. The molecule has 3 nitrogen and oxygen atoms in total. The third kappa shape index (κ3) is 4.82. The Kier molecular flexibility index (Phi) is 5.95. The summed E-state index contributed by atoms with van der Waals surface area (Å²) in [7, 11) is 0. The fraction of sp³-hybridized carbons (Fsp3) is 0.273. The number of hydrogen-bond acceptors (Lipinski definition) is 4. The molecular weight excluding hydrogens is 374 g/mol. The van der Waals surface area contributed by atoms with Crippen LogP contribution in [0.3, 0.4) is 0 Å². The van der Waals surface area contributed by atoms with E-state index in [-0.39, 0.29) is 0 Å². The van der Waals surface area contributed by atoms with Crippen molar-refractivity contribution in [3.05, 3.63) is 71.2 Å². The molecule has 0 saturated carbocycles. The number of anilines is 1. The van der Waals surface area contributed by atoms with Gasteiger partial charge in [0.15, 0.2) is 0 Å². The van der Waals surface area contributed by atoms with E-state index in [1.165, 1.54) is 30.5 Å². The van der Waals surface area contributed by atoms with E-state index in [4.69, 9.17) is 11.6 Å². The number of nitrogens with zero attached hydrogens (tertiary/aromatic N) is 3. The lowest BCUT2D eigenvalue weighted by atomic mass is 10.1. The molecular formula is C22H22ClN3S. The van der Waals surface area contributed by atoms with Crippen molar-refractivity contribution in [1.29, 1.82) is 0 Å². The number of halogens is 1. The van der Waals surface area contributed by atoms with Crippen LogP contribution in [-0.2, 0) is 5.75 Å². The van der Waals surface area contributed by atoms with Crippen LogP contribution in [0.15, 0.2) is 65.7 Å². The van der Waals surface area contributed by atoms with Crippen LogP contribution in [0.2, 0.25) is 5.02 Å². The molecule has 1 aliphatic rings. The molecule has 27 heavy (non-hydrogen) atoms. The minimum atomic E-state index is 0.766. The molecule has 4 rings (SSSR count). The number of piperidine rings is 1. The van der Waals surface area contributed by atoms with E-state index >= 15 is 0 Å². The van der Waals surface area contributed by atoms with Gasteiger partial charge in [-0.2, -0.15) is 0 Å². The first kappa shape index (κ1) is 18.3. The molecule has 1 saturated heterocycles. The number of thioether (sulfide) groups is 1. The standard InChI is InChI=1S/C22H22ClN3S/c23-19-6-4-5-17(15-19)16-27-22-12-11-21(24-25-22)18-7-9-20(10-8-18)26-13-2-1-3-14-26/h4-12,15H,1-3,13-14,16H2. The second kappa shape index (κ2) is 8.77. The topological polar surface area (TPSA) is 29.0 Å². The summed E-state index contributed by atoms with van der Waals surface area (Å²) < 4.78 is 0. The summed E-state index contributed by atoms with van der Waals surface area (Å²) in [6.07, 6.45) is 3.94. The van der Waals surface area contributed by atoms with Crippen molar-refractivity contribution in [3.8, 4) is 11.3 Å². The molecule has 0 atom stereocenters. The quantitative estimate of drug-likeness (QED) is 0.489. The average molecular weight is 396 g/mol. The van der Waals surface area contributed by atoms with Gasteiger partial charge in [-0.15, -0.1) is 10.2 Å². The van der Waals surface area contributed by atoms with Crippen LogP contribution in [0.25, 0.3) is 11.3 Å². The maximum absolute atomic E-state index is 6.04. The number of aromatic nitrogens is 2. The predicted octanol–water partition coefficient (Wildman–Crippen LogP) is 6.08. The van der Waals surface area contributed by atoms with Crippen molar-refractivity contribution in [3.63, 3.8) is 0 Å². The first-order valence-corrected chi connectivity index (χ1v) is 10.7. The second-order valence-electron chi connectivity index (χ2n) is 6.77. The van der Waals surface area contributed by atoms with Crippen molar-refractivity contribution in [1.82, 2.24) is 10.2 Å². The van der Waals surface area contributed by atoms with Crippen molar-refractivity contribution < 1.29 is 0 Å². The zero-order valence-corrected chi connectivity index (χ0v) is 16.7. The third-order valence-electron chi connectivity index (χ3n) is 4.80. The van der Waals surface area contributed by atoms with Gasteiger partial charge in [-0.05, 0) is 61.2 Å². The smallest absolute Gasteiger partial charge is 0.119 e. The maximum atomic E-state index is 6.04. The summed E-state index contributed by atoms with van der Waals surface area (Å²) in [5.74, 6) is 0.832. The Morgan fingerprint density at radius 1 is 0.889 bits per heavy atom. The lowest BCUT2D eigenvalue weighted by Crippen LogP contribution is -2.29. The molecule has 0 bridgehead atoms. The zero-order chi connectivity index (χ0) is 18.5. The highest BCUT2D eigenvalue weighted by molar-refractivity contribution is 7.98. The van der Waals surface area contributed by atoms with Gasteiger partial charge in [0, 0.05) is 35.1 Å². The van der Waals surface area contributed by atoms with E-state index < -0.39 is 0 Å². The Morgan fingerprint density at radius 2 is 1.70 bits per heavy atom. The average Bonchev–Trinajstić information content (AvgIpc) is 2.74. The predicted molar refractivity (Wildman–Crippen MR) is 115 cm³/mol. The molecule has 2 aromatic carbocycles. The van der Waals surface area contributed by atoms with Crippen LogP contribution in [0.4, 0.5) is 5.69 Å². The minimum absolute atomic E-state index is 0.766. The van der Waals surface area contributed by atoms with Gasteiger partial charge in [0.25, 0.3) is 0 Å². The van der Waals surface area contributed by atoms with Crippen LogP contribution in [0, 0.1) is 0 Å². The summed E-state index contributed by atoms with van der Waals surface area (Å²) >= 11 is 7.70. The highest BCUT2D eigenvalue weighted by atomic mass is 35.5. The van der Waals surface area contributed by atoms with Gasteiger partial charge in [0.1, 0.15) is 5.03 Å². The van der Waals surface area contributed by atoms with Gasteiger partial charge in [0.2, 0.25) is 0 Å². The van der Waals surface area contributed by atoms with Crippen LogP contribution in [0.1, 0.15) is 24.8 Å². The normalized spacial score (nSPS) is 14.3. The minimum Gasteiger partial charge on any atom is -0.372 e. The molecule has 0 unspecified atom stereocenters. The maximum Gasteiger partial charge on any atom is 0.119 e. The van der Waals surface area contributed by atoms with E-state index in [0.717, 1.165) is 40.1 Å². The summed E-state index contributed by atoms with van der Waals surface area (Å²) in [4.78, 5) is 2.47. The van der Waals surface area contributed by atoms with E-state index in [2.05, 4.69) is 45.4 Å². The lowest BCUT2D eigenvalue weighted by Gasteiger charge is -2.28. The third-order valence-corrected chi connectivity index (χ3v) is 6.03. The van der Waals surface area contributed by atoms with Crippen molar-refractivity contribution >= 4 is 29.1 Å². The number of hydrogen-bond donors (Lipinski definition) is 0.